The zero-order chi connectivity index (χ0) is 16.0. The van der Waals surface area contributed by atoms with Crippen LogP contribution in [0, 0.1) is 0 Å². The van der Waals surface area contributed by atoms with Crippen LogP contribution in [0.2, 0.25) is 0 Å². The quantitative estimate of drug-likeness (QED) is 0.735. The number of amides is 1. The van der Waals surface area contributed by atoms with E-state index in [0.717, 1.165) is 6.26 Å². The zero-order valence-corrected chi connectivity index (χ0v) is 13.1. The molecule has 0 bridgehead atoms. The normalized spacial score (nSPS) is 11.0. The van der Waals surface area contributed by atoms with Gasteiger partial charge in [-0.05, 0) is 31.2 Å². The Morgan fingerprint density at radius 3 is 2.24 bits per heavy atom. The van der Waals surface area contributed by atoms with Crippen molar-refractivity contribution in [1.29, 1.82) is 0 Å². The molecule has 0 aromatic heterocycles. The third-order valence-corrected chi connectivity index (χ3v) is 3.96. The number of benzene rings is 1. The number of carbonyl (C=O) groups is 2. The second-order valence-corrected chi connectivity index (χ2v) is 6.59. The summed E-state index contributed by atoms with van der Waals surface area (Å²) in [6.45, 7) is 2.27. The van der Waals surface area contributed by atoms with Crippen LogP contribution in [0.25, 0.3) is 0 Å². The predicted molar refractivity (Wildman–Crippen MR) is 77.8 cm³/mol. The molecule has 0 unspecified atom stereocenters. The average molecular weight is 313 g/mol. The lowest BCUT2D eigenvalue weighted by atomic mass is 10.2. The highest BCUT2D eigenvalue weighted by Gasteiger charge is 2.14. The van der Waals surface area contributed by atoms with Crippen LogP contribution in [-0.4, -0.2) is 51.6 Å². The van der Waals surface area contributed by atoms with E-state index in [1.54, 1.807) is 14.0 Å². The summed E-state index contributed by atoms with van der Waals surface area (Å²) in [5.74, 6) is -0.635. The first-order valence-corrected chi connectivity index (χ1v) is 8.36. The van der Waals surface area contributed by atoms with Crippen molar-refractivity contribution in [3.05, 3.63) is 29.8 Å². The van der Waals surface area contributed by atoms with Crippen molar-refractivity contribution in [2.24, 2.45) is 0 Å². The molecule has 0 aliphatic rings. The van der Waals surface area contributed by atoms with Crippen LogP contribution < -0.4 is 0 Å². The number of rotatable bonds is 6. The maximum atomic E-state index is 12.1. The fourth-order valence-corrected chi connectivity index (χ4v) is 2.29. The Morgan fingerprint density at radius 2 is 1.76 bits per heavy atom. The van der Waals surface area contributed by atoms with Gasteiger partial charge in [0, 0.05) is 25.4 Å². The van der Waals surface area contributed by atoms with Gasteiger partial charge < -0.3 is 9.64 Å². The summed E-state index contributed by atoms with van der Waals surface area (Å²) < 4.78 is 27.5. The van der Waals surface area contributed by atoms with Crippen LogP contribution in [-0.2, 0) is 19.4 Å². The smallest absolute Gasteiger partial charge is 0.307 e. The van der Waals surface area contributed by atoms with Crippen molar-refractivity contribution in [1.82, 2.24) is 4.90 Å². The van der Waals surface area contributed by atoms with Gasteiger partial charge >= 0.3 is 5.97 Å². The molecule has 0 aliphatic carbocycles. The molecule has 0 fully saturated rings. The summed E-state index contributed by atoms with van der Waals surface area (Å²) >= 11 is 0. The standard InChI is InChI=1S/C14H19NO5S/c1-4-20-13(16)9-10-15(2)14(17)11-5-7-12(8-6-11)21(3,18)19/h5-8H,4,9-10H2,1-3H3. The Balaban J connectivity index is 2.68. The minimum atomic E-state index is -3.28. The lowest BCUT2D eigenvalue weighted by Crippen LogP contribution is -2.29. The highest BCUT2D eigenvalue weighted by molar-refractivity contribution is 7.90. The number of esters is 1. The number of sulfone groups is 1. The van der Waals surface area contributed by atoms with E-state index < -0.39 is 9.84 Å². The van der Waals surface area contributed by atoms with Gasteiger partial charge in [0.05, 0.1) is 17.9 Å². The maximum Gasteiger partial charge on any atom is 0.307 e. The lowest BCUT2D eigenvalue weighted by Gasteiger charge is -2.16. The Bertz CT molecular complexity index is 607. The molecule has 0 saturated carbocycles. The molecule has 0 N–H and O–H groups in total. The van der Waals surface area contributed by atoms with E-state index in [-0.39, 0.29) is 29.7 Å². The number of ether oxygens (including phenoxy) is 1. The summed E-state index contributed by atoms with van der Waals surface area (Å²) in [5, 5.41) is 0. The van der Waals surface area contributed by atoms with Crippen LogP contribution in [0.5, 0.6) is 0 Å². The molecule has 21 heavy (non-hydrogen) atoms. The van der Waals surface area contributed by atoms with Crippen LogP contribution in [0.4, 0.5) is 0 Å². The van der Waals surface area contributed by atoms with Gasteiger partial charge in [-0.3, -0.25) is 9.59 Å². The largest absolute Gasteiger partial charge is 0.466 e. The SMILES string of the molecule is CCOC(=O)CCN(C)C(=O)c1ccc(S(C)(=O)=O)cc1. The zero-order valence-electron chi connectivity index (χ0n) is 12.3. The van der Waals surface area contributed by atoms with Crippen molar-refractivity contribution in [2.75, 3.05) is 26.5 Å². The fraction of sp³-hybridized carbons (Fsp3) is 0.429. The van der Waals surface area contributed by atoms with Gasteiger partial charge in [0.1, 0.15) is 0 Å². The molecule has 1 amide bonds. The van der Waals surface area contributed by atoms with Crippen LogP contribution in [0.15, 0.2) is 29.2 Å². The average Bonchev–Trinajstić information content (AvgIpc) is 2.43. The molecular weight excluding hydrogens is 294 g/mol. The molecule has 0 aliphatic heterocycles. The number of carbonyl (C=O) groups excluding carboxylic acids is 2. The monoisotopic (exact) mass is 313 g/mol. The third kappa shape index (κ3) is 5.18. The second-order valence-electron chi connectivity index (χ2n) is 4.58. The van der Waals surface area contributed by atoms with Crippen molar-refractivity contribution in [2.45, 2.75) is 18.2 Å². The van der Waals surface area contributed by atoms with Crippen molar-refractivity contribution in [3.63, 3.8) is 0 Å². The summed E-state index contributed by atoms with van der Waals surface area (Å²) in [4.78, 5) is 24.9. The highest BCUT2D eigenvalue weighted by atomic mass is 32.2. The van der Waals surface area contributed by atoms with Crippen LogP contribution in [0.3, 0.4) is 0 Å². The molecule has 0 radical (unpaired) electrons. The first-order chi connectivity index (χ1) is 9.75. The third-order valence-electron chi connectivity index (χ3n) is 2.83. The minimum absolute atomic E-state index is 0.123. The van der Waals surface area contributed by atoms with Crippen molar-refractivity contribution in [3.8, 4) is 0 Å². The molecular formula is C14H19NO5S. The summed E-state index contributed by atoms with van der Waals surface area (Å²) in [5.41, 5.74) is 0.369. The molecule has 1 rings (SSSR count). The number of hydrogen-bond donors (Lipinski definition) is 0. The molecule has 1 aromatic rings. The Hall–Kier alpha value is -1.89. The fourth-order valence-electron chi connectivity index (χ4n) is 1.66. The first kappa shape index (κ1) is 17.2. The number of hydrogen-bond acceptors (Lipinski definition) is 5. The molecule has 116 valence electrons. The van der Waals surface area contributed by atoms with E-state index in [4.69, 9.17) is 4.74 Å². The molecule has 6 nitrogen and oxygen atoms in total. The van der Waals surface area contributed by atoms with E-state index in [9.17, 15) is 18.0 Å². The molecule has 1 aromatic carbocycles. The number of nitrogens with zero attached hydrogens (tertiary/aromatic N) is 1. The van der Waals surface area contributed by atoms with Gasteiger partial charge in [-0.15, -0.1) is 0 Å². The van der Waals surface area contributed by atoms with Crippen molar-refractivity contribution < 1.29 is 22.7 Å². The molecule has 0 spiro atoms. The highest BCUT2D eigenvalue weighted by Crippen LogP contribution is 2.12. The minimum Gasteiger partial charge on any atom is -0.466 e. The van der Waals surface area contributed by atoms with Gasteiger partial charge in [-0.2, -0.15) is 0 Å². The Morgan fingerprint density at radius 1 is 1.19 bits per heavy atom. The van der Waals surface area contributed by atoms with E-state index in [1.165, 1.54) is 29.2 Å². The van der Waals surface area contributed by atoms with E-state index in [2.05, 4.69) is 0 Å². The maximum absolute atomic E-state index is 12.1. The molecule has 0 heterocycles. The predicted octanol–water partition coefficient (Wildman–Crippen LogP) is 1.12. The first-order valence-electron chi connectivity index (χ1n) is 6.47. The topological polar surface area (TPSA) is 80.8 Å². The molecule has 7 heteroatoms. The van der Waals surface area contributed by atoms with Gasteiger partial charge in [-0.25, -0.2) is 8.42 Å². The summed E-state index contributed by atoms with van der Waals surface area (Å²) in [6.07, 6.45) is 1.23. The van der Waals surface area contributed by atoms with Gasteiger partial charge in [0.2, 0.25) is 0 Å². The van der Waals surface area contributed by atoms with Gasteiger partial charge in [-0.1, -0.05) is 0 Å². The molecule has 0 atom stereocenters. The van der Waals surface area contributed by atoms with E-state index in [0.29, 0.717) is 12.2 Å². The van der Waals surface area contributed by atoms with Gasteiger partial charge in [0.25, 0.3) is 5.91 Å². The van der Waals surface area contributed by atoms with Crippen molar-refractivity contribution >= 4 is 21.7 Å². The molecule has 0 saturated heterocycles. The van der Waals surface area contributed by atoms with E-state index in [1.807, 2.05) is 0 Å². The summed E-state index contributed by atoms with van der Waals surface area (Å²) in [7, 11) is -1.70. The second kappa shape index (κ2) is 7.21. The van der Waals surface area contributed by atoms with Gasteiger partial charge in [0.15, 0.2) is 9.84 Å². The Kier molecular flexibility index (Phi) is 5.90. The van der Waals surface area contributed by atoms with Crippen LogP contribution in [0.1, 0.15) is 23.7 Å². The van der Waals surface area contributed by atoms with Crippen LogP contribution >= 0.6 is 0 Å². The van der Waals surface area contributed by atoms with E-state index >= 15 is 0 Å². The lowest BCUT2D eigenvalue weighted by molar-refractivity contribution is -0.143. The Labute approximate surface area is 124 Å². The summed E-state index contributed by atoms with van der Waals surface area (Å²) in [6, 6.07) is 5.70.